The second kappa shape index (κ2) is 5.33. The molecule has 2 rings (SSSR count). The van der Waals surface area contributed by atoms with E-state index >= 15 is 0 Å². The van der Waals surface area contributed by atoms with Gasteiger partial charge in [-0.15, -0.1) is 11.6 Å². The van der Waals surface area contributed by atoms with Gasteiger partial charge in [0.1, 0.15) is 5.82 Å². The van der Waals surface area contributed by atoms with Crippen LogP contribution in [0.2, 0.25) is 0 Å². The topological polar surface area (TPSA) is 17.8 Å². The predicted molar refractivity (Wildman–Crippen MR) is 76.2 cm³/mol. The standard InChI is InChI=1S/C15H18ClFN2/c1-9-7-14(17)6-5-13(9)8-19-12(4)15(10(2)16)11(3)18-19/h5-7,10H,8H2,1-4H3. The average molecular weight is 281 g/mol. The summed E-state index contributed by atoms with van der Waals surface area (Å²) in [7, 11) is 0. The van der Waals surface area contributed by atoms with Crippen LogP contribution in [0.3, 0.4) is 0 Å². The van der Waals surface area contributed by atoms with E-state index in [9.17, 15) is 4.39 Å². The van der Waals surface area contributed by atoms with Crippen molar-refractivity contribution in [2.75, 3.05) is 0 Å². The molecule has 102 valence electrons. The molecule has 2 nitrogen and oxygen atoms in total. The molecule has 0 bridgehead atoms. The SMILES string of the molecule is Cc1cc(F)ccc1Cn1nc(C)c(C(C)Cl)c1C. The molecule has 0 saturated heterocycles. The molecule has 4 heteroatoms. The number of nitrogens with zero attached hydrogens (tertiary/aromatic N) is 2. The van der Waals surface area contributed by atoms with Crippen LogP contribution in [-0.2, 0) is 6.54 Å². The summed E-state index contributed by atoms with van der Waals surface area (Å²) < 4.78 is 15.0. The van der Waals surface area contributed by atoms with E-state index in [2.05, 4.69) is 5.10 Å². The number of benzene rings is 1. The summed E-state index contributed by atoms with van der Waals surface area (Å²) in [6.45, 7) is 8.49. The lowest BCUT2D eigenvalue weighted by Crippen LogP contribution is -2.06. The normalized spacial score (nSPS) is 12.7. The monoisotopic (exact) mass is 280 g/mol. The number of hydrogen-bond acceptors (Lipinski definition) is 1. The highest BCUT2D eigenvalue weighted by Gasteiger charge is 2.16. The summed E-state index contributed by atoms with van der Waals surface area (Å²) in [5.41, 5.74) is 5.12. The molecule has 19 heavy (non-hydrogen) atoms. The molecule has 0 amide bonds. The first-order valence-electron chi connectivity index (χ1n) is 6.33. The van der Waals surface area contributed by atoms with Gasteiger partial charge in [0.2, 0.25) is 0 Å². The zero-order valence-electron chi connectivity index (χ0n) is 11.7. The fraction of sp³-hybridized carbons (Fsp3) is 0.400. The number of rotatable bonds is 3. The molecule has 2 aromatic rings. The van der Waals surface area contributed by atoms with Crippen molar-refractivity contribution in [3.8, 4) is 0 Å². The van der Waals surface area contributed by atoms with E-state index in [1.54, 1.807) is 6.07 Å². The summed E-state index contributed by atoms with van der Waals surface area (Å²) in [5, 5.41) is 4.48. The maximum Gasteiger partial charge on any atom is 0.123 e. The van der Waals surface area contributed by atoms with Crippen molar-refractivity contribution in [3.63, 3.8) is 0 Å². The van der Waals surface area contributed by atoms with Gasteiger partial charge in [-0.3, -0.25) is 4.68 Å². The Kier molecular flexibility index (Phi) is 3.95. The molecular weight excluding hydrogens is 263 g/mol. The Morgan fingerprint density at radius 2 is 2.00 bits per heavy atom. The Morgan fingerprint density at radius 3 is 2.53 bits per heavy atom. The maximum absolute atomic E-state index is 13.1. The minimum absolute atomic E-state index is 0.0527. The van der Waals surface area contributed by atoms with E-state index in [1.165, 1.54) is 6.07 Å². The van der Waals surface area contributed by atoms with Gasteiger partial charge in [0.05, 0.1) is 17.6 Å². The van der Waals surface area contributed by atoms with Crippen molar-refractivity contribution < 1.29 is 4.39 Å². The summed E-state index contributed by atoms with van der Waals surface area (Å²) in [6, 6.07) is 4.84. The highest BCUT2D eigenvalue weighted by Crippen LogP contribution is 2.26. The van der Waals surface area contributed by atoms with E-state index in [0.717, 1.165) is 28.1 Å². The van der Waals surface area contributed by atoms with Crippen LogP contribution in [-0.4, -0.2) is 9.78 Å². The number of alkyl halides is 1. The zero-order valence-corrected chi connectivity index (χ0v) is 12.4. The van der Waals surface area contributed by atoms with Crippen LogP contribution in [0.4, 0.5) is 4.39 Å². The number of halogens is 2. The summed E-state index contributed by atoms with van der Waals surface area (Å²) in [4.78, 5) is 0. The van der Waals surface area contributed by atoms with Crippen molar-refractivity contribution in [2.45, 2.75) is 39.6 Å². The number of hydrogen-bond donors (Lipinski definition) is 0. The van der Waals surface area contributed by atoms with Gasteiger partial charge in [-0.05, 0) is 51.0 Å². The molecular formula is C15H18ClFN2. The predicted octanol–water partition coefficient (Wildman–Crippen LogP) is 4.30. The Balaban J connectivity index is 2.36. The smallest absolute Gasteiger partial charge is 0.123 e. The third kappa shape index (κ3) is 2.81. The van der Waals surface area contributed by atoms with Crippen LogP contribution >= 0.6 is 11.6 Å². The minimum atomic E-state index is -0.204. The van der Waals surface area contributed by atoms with Gasteiger partial charge in [-0.25, -0.2) is 4.39 Å². The first-order chi connectivity index (χ1) is 8.90. The fourth-order valence-electron chi connectivity index (χ4n) is 2.44. The molecule has 0 aliphatic rings. The summed E-state index contributed by atoms with van der Waals surface area (Å²) >= 11 is 6.18. The van der Waals surface area contributed by atoms with Crippen molar-refractivity contribution >= 4 is 11.6 Å². The molecule has 0 aliphatic carbocycles. The molecule has 1 atom stereocenters. The molecule has 0 spiro atoms. The van der Waals surface area contributed by atoms with E-state index in [-0.39, 0.29) is 11.2 Å². The number of aromatic nitrogens is 2. The van der Waals surface area contributed by atoms with Crippen LogP contribution in [0, 0.1) is 26.6 Å². The first-order valence-corrected chi connectivity index (χ1v) is 6.76. The van der Waals surface area contributed by atoms with Gasteiger partial charge in [-0.1, -0.05) is 6.07 Å². The third-order valence-corrected chi connectivity index (χ3v) is 3.68. The van der Waals surface area contributed by atoms with Gasteiger partial charge in [-0.2, -0.15) is 5.10 Å². The Bertz CT molecular complexity index is 602. The van der Waals surface area contributed by atoms with Crippen LogP contribution in [0.25, 0.3) is 0 Å². The summed E-state index contributed by atoms with van der Waals surface area (Å²) in [6.07, 6.45) is 0. The summed E-state index contributed by atoms with van der Waals surface area (Å²) in [5.74, 6) is -0.204. The molecule has 1 unspecified atom stereocenters. The zero-order chi connectivity index (χ0) is 14.2. The highest BCUT2D eigenvalue weighted by molar-refractivity contribution is 6.20. The first kappa shape index (κ1) is 14.1. The van der Waals surface area contributed by atoms with Gasteiger partial charge in [0.25, 0.3) is 0 Å². The molecule has 1 heterocycles. The highest BCUT2D eigenvalue weighted by atomic mass is 35.5. The van der Waals surface area contributed by atoms with E-state index < -0.39 is 0 Å². The van der Waals surface area contributed by atoms with Crippen molar-refractivity contribution in [1.82, 2.24) is 9.78 Å². The Labute approximate surface area is 118 Å². The van der Waals surface area contributed by atoms with Gasteiger partial charge < -0.3 is 0 Å². The second-order valence-electron chi connectivity index (χ2n) is 4.93. The van der Waals surface area contributed by atoms with Gasteiger partial charge in [0, 0.05) is 11.3 Å². The lowest BCUT2D eigenvalue weighted by molar-refractivity contribution is 0.620. The molecule has 0 radical (unpaired) electrons. The average Bonchev–Trinajstić information content (AvgIpc) is 2.58. The molecule has 1 aromatic heterocycles. The van der Waals surface area contributed by atoms with Crippen molar-refractivity contribution in [3.05, 3.63) is 52.1 Å². The van der Waals surface area contributed by atoms with Crippen LogP contribution in [0.15, 0.2) is 18.2 Å². The lowest BCUT2D eigenvalue weighted by Gasteiger charge is -2.09. The van der Waals surface area contributed by atoms with E-state index in [4.69, 9.17) is 11.6 Å². The van der Waals surface area contributed by atoms with Gasteiger partial charge in [0.15, 0.2) is 0 Å². The number of aryl methyl sites for hydroxylation is 2. The quantitative estimate of drug-likeness (QED) is 0.767. The van der Waals surface area contributed by atoms with Crippen LogP contribution in [0.1, 0.15) is 40.4 Å². The fourth-order valence-corrected chi connectivity index (χ4v) is 2.75. The molecule has 0 fully saturated rings. The Hall–Kier alpha value is -1.35. The van der Waals surface area contributed by atoms with E-state index in [1.807, 2.05) is 38.4 Å². The Morgan fingerprint density at radius 1 is 1.32 bits per heavy atom. The second-order valence-corrected chi connectivity index (χ2v) is 5.58. The van der Waals surface area contributed by atoms with E-state index in [0.29, 0.717) is 6.54 Å². The van der Waals surface area contributed by atoms with Crippen molar-refractivity contribution in [1.29, 1.82) is 0 Å². The van der Waals surface area contributed by atoms with Crippen LogP contribution < -0.4 is 0 Å². The van der Waals surface area contributed by atoms with Crippen LogP contribution in [0.5, 0.6) is 0 Å². The molecule has 1 aromatic carbocycles. The lowest BCUT2D eigenvalue weighted by atomic mass is 10.1. The molecule has 0 aliphatic heterocycles. The largest absolute Gasteiger partial charge is 0.265 e. The molecule has 0 saturated carbocycles. The van der Waals surface area contributed by atoms with Gasteiger partial charge >= 0.3 is 0 Å². The molecule has 0 N–H and O–H groups in total. The maximum atomic E-state index is 13.1. The van der Waals surface area contributed by atoms with Crippen molar-refractivity contribution in [2.24, 2.45) is 0 Å². The third-order valence-electron chi connectivity index (χ3n) is 3.46. The minimum Gasteiger partial charge on any atom is -0.265 e.